The number of hydrogen-bond acceptors (Lipinski definition) is 8. The third-order valence-electron chi connectivity index (χ3n) is 6.14. The first kappa shape index (κ1) is 30.2. The minimum Gasteiger partial charge on any atom is -0.467 e. The van der Waals surface area contributed by atoms with Crippen molar-refractivity contribution in [2.24, 2.45) is 0 Å². The standard InChI is InChI=1S/C29H29FN4O7S/c1-15-7-12-22(42-15)23(26(37)40-6)32-24(35)16-8-10-17(11-9-16)34-25(36)18-13-21(19(30)14-20(18)31-27(34)38)33(5)28(39)41-29(2,3)4/h7-14,23H,1-6H3,(H,31,38)(H,32,35). The third-order valence-corrected chi connectivity index (χ3v) is 7.21. The Bertz CT molecular complexity index is 1800. The number of anilines is 1. The van der Waals surface area contributed by atoms with Crippen molar-refractivity contribution in [1.29, 1.82) is 0 Å². The fourth-order valence-corrected chi connectivity index (χ4v) is 5.01. The van der Waals surface area contributed by atoms with Gasteiger partial charge in [-0.1, -0.05) is 0 Å². The van der Waals surface area contributed by atoms with Crippen LogP contribution in [0.15, 0.2) is 58.1 Å². The molecule has 0 aliphatic heterocycles. The number of methoxy groups -OCH3 is 1. The van der Waals surface area contributed by atoms with Crippen molar-refractivity contribution in [2.45, 2.75) is 39.3 Å². The van der Waals surface area contributed by atoms with E-state index < -0.39 is 46.7 Å². The van der Waals surface area contributed by atoms with Crippen molar-refractivity contribution < 1.29 is 28.2 Å². The number of fused-ring (bicyclic) bond motifs is 1. The number of nitrogens with zero attached hydrogens (tertiary/aromatic N) is 2. The second-order valence-corrected chi connectivity index (χ2v) is 11.7. The van der Waals surface area contributed by atoms with Crippen LogP contribution >= 0.6 is 11.3 Å². The predicted octanol–water partition coefficient (Wildman–Crippen LogP) is 4.20. The van der Waals surface area contributed by atoms with Gasteiger partial charge in [-0.3, -0.25) is 14.5 Å². The molecule has 1 atom stereocenters. The summed E-state index contributed by atoms with van der Waals surface area (Å²) in [7, 11) is 2.53. The molecule has 2 heterocycles. The lowest BCUT2D eigenvalue weighted by Gasteiger charge is -2.25. The smallest absolute Gasteiger partial charge is 0.414 e. The molecule has 0 spiro atoms. The van der Waals surface area contributed by atoms with E-state index >= 15 is 0 Å². The Balaban J connectivity index is 1.67. The molecule has 0 bridgehead atoms. The fraction of sp³-hybridized carbons (Fsp3) is 0.276. The van der Waals surface area contributed by atoms with Crippen LogP contribution in [0.4, 0.5) is 14.9 Å². The molecule has 13 heteroatoms. The minimum absolute atomic E-state index is 0.0598. The van der Waals surface area contributed by atoms with Crippen molar-refractivity contribution in [2.75, 3.05) is 19.1 Å². The van der Waals surface area contributed by atoms with Gasteiger partial charge in [-0.05, 0) is 70.2 Å². The zero-order valence-corrected chi connectivity index (χ0v) is 24.6. The molecule has 11 nitrogen and oxygen atoms in total. The molecule has 0 aliphatic carbocycles. The number of thiophene rings is 1. The number of carbonyl (C=O) groups excluding carboxylic acids is 3. The van der Waals surface area contributed by atoms with Gasteiger partial charge in [-0.15, -0.1) is 11.3 Å². The Morgan fingerprint density at radius 2 is 1.74 bits per heavy atom. The van der Waals surface area contributed by atoms with Gasteiger partial charge in [0.25, 0.3) is 11.5 Å². The second-order valence-electron chi connectivity index (χ2n) is 10.4. The van der Waals surface area contributed by atoms with E-state index in [1.54, 1.807) is 26.8 Å². The Morgan fingerprint density at radius 1 is 1.07 bits per heavy atom. The highest BCUT2D eigenvalue weighted by Gasteiger charge is 2.26. The van der Waals surface area contributed by atoms with E-state index in [-0.39, 0.29) is 27.8 Å². The van der Waals surface area contributed by atoms with Crippen LogP contribution in [0.3, 0.4) is 0 Å². The van der Waals surface area contributed by atoms with Crippen molar-refractivity contribution >= 4 is 45.9 Å². The normalized spacial score (nSPS) is 12.1. The second kappa shape index (κ2) is 11.6. The molecule has 220 valence electrons. The maximum absolute atomic E-state index is 14.9. The summed E-state index contributed by atoms with van der Waals surface area (Å²) in [6.07, 6.45) is -0.831. The molecular weight excluding hydrogens is 567 g/mol. The predicted molar refractivity (Wildman–Crippen MR) is 156 cm³/mol. The molecule has 2 amide bonds. The minimum atomic E-state index is -1.01. The van der Waals surface area contributed by atoms with Gasteiger partial charge >= 0.3 is 17.8 Å². The highest BCUT2D eigenvalue weighted by atomic mass is 32.1. The number of aromatic nitrogens is 2. The van der Waals surface area contributed by atoms with Crippen LogP contribution in [-0.4, -0.2) is 47.3 Å². The van der Waals surface area contributed by atoms with Crippen molar-refractivity contribution in [3.8, 4) is 5.69 Å². The summed E-state index contributed by atoms with van der Waals surface area (Å²) in [6.45, 7) is 6.86. The summed E-state index contributed by atoms with van der Waals surface area (Å²) < 4.78 is 25.8. The van der Waals surface area contributed by atoms with Gasteiger partial charge in [0, 0.05) is 28.4 Å². The highest BCUT2D eigenvalue weighted by Crippen LogP contribution is 2.26. The SMILES string of the molecule is COC(=O)C(NC(=O)c1ccc(-n2c(=O)[nH]c3cc(F)c(N(C)C(=O)OC(C)(C)C)cc3c2=O)cc1)c1ccc(C)s1. The molecule has 1 unspecified atom stereocenters. The number of esters is 1. The molecule has 2 aromatic heterocycles. The number of ether oxygens (including phenoxy) is 2. The van der Waals surface area contributed by atoms with E-state index in [1.807, 2.05) is 13.0 Å². The summed E-state index contributed by atoms with van der Waals surface area (Å²) in [4.78, 5) is 69.0. The largest absolute Gasteiger partial charge is 0.467 e. The lowest BCUT2D eigenvalue weighted by atomic mass is 10.1. The number of H-pyrrole nitrogens is 1. The van der Waals surface area contributed by atoms with E-state index in [2.05, 4.69) is 10.3 Å². The van der Waals surface area contributed by atoms with Gasteiger partial charge in [-0.25, -0.2) is 23.3 Å². The zero-order valence-electron chi connectivity index (χ0n) is 23.7. The van der Waals surface area contributed by atoms with Crippen LogP contribution in [0.1, 0.15) is 46.9 Å². The van der Waals surface area contributed by atoms with Crippen LogP contribution in [-0.2, 0) is 14.3 Å². The molecular formula is C29H29FN4O7S. The Morgan fingerprint density at radius 3 is 2.31 bits per heavy atom. The number of hydrogen-bond donors (Lipinski definition) is 2. The van der Waals surface area contributed by atoms with Crippen LogP contribution < -0.4 is 21.5 Å². The number of halogens is 1. The topological polar surface area (TPSA) is 140 Å². The molecule has 0 fully saturated rings. The highest BCUT2D eigenvalue weighted by molar-refractivity contribution is 7.12. The van der Waals surface area contributed by atoms with Gasteiger partial charge in [0.2, 0.25) is 0 Å². The average Bonchev–Trinajstić information content (AvgIpc) is 3.35. The quantitative estimate of drug-likeness (QED) is 0.318. The number of carbonyl (C=O) groups is 3. The molecule has 0 aliphatic rings. The van der Waals surface area contributed by atoms with E-state index in [4.69, 9.17) is 9.47 Å². The first-order valence-electron chi connectivity index (χ1n) is 12.7. The van der Waals surface area contributed by atoms with Gasteiger partial charge in [0.05, 0.1) is 29.4 Å². The summed E-state index contributed by atoms with van der Waals surface area (Å²) in [6, 6.07) is 10.2. The van der Waals surface area contributed by atoms with Gasteiger partial charge < -0.3 is 19.8 Å². The van der Waals surface area contributed by atoms with Crippen LogP contribution in [0.2, 0.25) is 0 Å². The Labute approximate surface area is 243 Å². The van der Waals surface area contributed by atoms with E-state index in [9.17, 15) is 28.4 Å². The first-order valence-corrected chi connectivity index (χ1v) is 13.5. The molecule has 0 radical (unpaired) electrons. The molecule has 4 rings (SSSR count). The average molecular weight is 597 g/mol. The maximum Gasteiger partial charge on any atom is 0.414 e. The van der Waals surface area contributed by atoms with Gasteiger partial charge in [0.15, 0.2) is 6.04 Å². The van der Waals surface area contributed by atoms with E-state index in [0.29, 0.717) is 4.88 Å². The third kappa shape index (κ3) is 6.25. The van der Waals surface area contributed by atoms with Gasteiger partial charge in [-0.2, -0.15) is 0 Å². The van der Waals surface area contributed by atoms with Crippen LogP contribution in [0.25, 0.3) is 16.6 Å². The monoisotopic (exact) mass is 596 g/mol. The summed E-state index contributed by atoms with van der Waals surface area (Å²) >= 11 is 1.34. The Hall–Kier alpha value is -4.78. The zero-order chi connectivity index (χ0) is 30.9. The van der Waals surface area contributed by atoms with E-state index in [1.165, 1.54) is 49.8 Å². The lowest BCUT2D eigenvalue weighted by molar-refractivity contribution is -0.143. The number of aryl methyl sites for hydroxylation is 1. The number of benzene rings is 2. The Kier molecular flexibility index (Phi) is 8.34. The number of aromatic amines is 1. The number of amides is 2. The molecule has 42 heavy (non-hydrogen) atoms. The molecule has 2 aromatic carbocycles. The number of rotatable bonds is 6. The molecule has 4 aromatic rings. The van der Waals surface area contributed by atoms with Crippen molar-refractivity contribution in [3.63, 3.8) is 0 Å². The van der Waals surface area contributed by atoms with Crippen LogP contribution in [0, 0.1) is 12.7 Å². The maximum atomic E-state index is 14.9. The van der Waals surface area contributed by atoms with Crippen molar-refractivity contribution in [1.82, 2.24) is 14.9 Å². The molecule has 0 saturated carbocycles. The summed E-state index contributed by atoms with van der Waals surface area (Å²) in [5.41, 5.74) is -2.43. The fourth-order valence-electron chi connectivity index (χ4n) is 4.10. The lowest BCUT2D eigenvalue weighted by Crippen LogP contribution is -2.36. The van der Waals surface area contributed by atoms with Crippen LogP contribution in [0.5, 0.6) is 0 Å². The summed E-state index contributed by atoms with van der Waals surface area (Å²) in [5.74, 6) is -2.06. The first-order chi connectivity index (χ1) is 19.7. The van der Waals surface area contributed by atoms with Crippen molar-refractivity contribution in [3.05, 3.63) is 90.5 Å². The van der Waals surface area contributed by atoms with E-state index in [0.717, 1.165) is 26.5 Å². The molecule has 2 N–H and O–H groups in total. The number of nitrogens with one attached hydrogen (secondary N) is 2. The van der Waals surface area contributed by atoms with Gasteiger partial charge in [0.1, 0.15) is 11.4 Å². The summed E-state index contributed by atoms with van der Waals surface area (Å²) in [5, 5.41) is 2.59. The molecule has 0 saturated heterocycles.